The van der Waals surface area contributed by atoms with Crippen molar-refractivity contribution in [3.63, 3.8) is 0 Å². The summed E-state index contributed by atoms with van der Waals surface area (Å²) < 4.78 is 10.6. The van der Waals surface area contributed by atoms with E-state index in [0.717, 1.165) is 31.1 Å². The van der Waals surface area contributed by atoms with Crippen molar-refractivity contribution in [1.82, 2.24) is 0 Å². The van der Waals surface area contributed by atoms with E-state index in [1.54, 1.807) is 6.08 Å². The number of ether oxygens (including phenoxy) is 2. The number of aldehydes is 1. The van der Waals surface area contributed by atoms with Gasteiger partial charge < -0.3 is 24.5 Å². The predicted octanol–water partition coefficient (Wildman–Crippen LogP) is 2.47. The van der Waals surface area contributed by atoms with Crippen molar-refractivity contribution in [3.8, 4) is 0 Å². The minimum Gasteiger partial charge on any atom is -0.462 e. The van der Waals surface area contributed by atoms with Crippen LogP contribution in [0.1, 0.15) is 71.6 Å². The van der Waals surface area contributed by atoms with Crippen molar-refractivity contribution in [3.05, 3.63) is 11.6 Å². The van der Waals surface area contributed by atoms with Crippen LogP contribution in [-0.2, 0) is 23.9 Å². The van der Waals surface area contributed by atoms with Crippen LogP contribution in [0, 0.1) is 28.6 Å². The molecule has 0 unspecified atom stereocenters. The molecule has 7 nitrogen and oxygen atoms in total. The number of cyclic esters (lactones) is 1. The second kappa shape index (κ2) is 7.13. The minimum atomic E-state index is -1.22. The molecule has 0 radical (unpaired) electrons. The average molecular weight is 447 g/mol. The van der Waals surface area contributed by atoms with Crippen molar-refractivity contribution in [1.29, 1.82) is 0 Å². The molecular formula is C25H34O7. The Morgan fingerprint density at radius 2 is 1.88 bits per heavy atom. The Morgan fingerprint density at radius 3 is 2.53 bits per heavy atom. The van der Waals surface area contributed by atoms with Crippen LogP contribution in [0.3, 0.4) is 0 Å². The van der Waals surface area contributed by atoms with E-state index in [4.69, 9.17) is 9.47 Å². The second-order valence-electron chi connectivity index (χ2n) is 11.2. The maximum atomic E-state index is 12.7. The SMILES string of the molecule is CC(=O)O[C@@H]1CC[C@@]2(C=O)[C@H]3CC[C@]4(C)[C@@H](C5=CC(=O)OC5)CC[C@@]4(O)[C@@H]3CC[C@]2(O)C1. The molecule has 2 N–H and O–H groups in total. The monoisotopic (exact) mass is 446 g/mol. The van der Waals surface area contributed by atoms with Crippen molar-refractivity contribution in [2.75, 3.05) is 6.61 Å². The van der Waals surface area contributed by atoms with Gasteiger partial charge in [-0.3, -0.25) is 4.79 Å². The van der Waals surface area contributed by atoms with E-state index in [-0.39, 0.29) is 47.6 Å². The smallest absolute Gasteiger partial charge is 0.331 e. The molecule has 0 aromatic rings. The lowest BCUT2D eigenvalue weighted by atomic mass is 9.41. The summed E-state index contributed by atoms with van der Waals surface area (Å²) in [5, 5.41) is 23.9. The lowest BCUT2D eigenvalue weighted by molar-refractivity contribution is -0.249. The van der Waals surface area contributed by atoms with E-state index < -0.39 is 16.6 Å². The van der Waals surface area contributed by atoms with E-state index >= 15 is 0 Å². The van der Waals surface area contributed by atoms with Crippen LogP contribution in [0.25, 0.3) is 0 Å². The van der Waals surface area contributed by atoms with E-state index in [1.807, 2.05) is 0 Å². The van der Waals surface area contributed by atoms with Crippen LogP contribution in [0.5, 0.6) is 0 Å². The van der Waals surface area contributed by atoms with Crippen molar-refractivity contribution in [2.24, 2.45) is 28.6 Å². The van der Waals surface area contributed by atoms with Crippen LogP contribution >= 0.6 is 0 Å². The van der Waals surface area contributed by atoms with Gasteiger partial charge in [-0.2, -0.15) is 0 Å². The van der Waals surface area contributed by atoms with E-state index in [9.17, 15) is 24.6 Å². The largest absolute Gasteiger partial charge is 0.462 e. The molecule has 1 aliphatic heterocycles. The topological polar surface area (TPSA) is 110 Å². The maximum Gasteiger partial charge on any atom is 0.331 e. The molecule has 4 saturated carbocycles. The zero-order valence-corrected chi connectivity index (χ0v) is 19.0. The number of hydrogen-bond acceptors (Lipinski definition) is 7. The molecule has 1 heterocycles. The van der Waals surface area contributed by atoms with Crippen LogP contribution in [0.4, 0.5) is 0 Å². The van der Waals surface area contributed by atoms with E-state index in [0.29, 0.717) is 38.7 Å². The Kier molecular flexibility index (Phi) is 4.92. The third-order valence-corrected chi connectivity index (χ3v) is 10.2. The molecule has 0 amide bonds. The summed E-state index contributed by atoms with van der Waals surface area (Å²) >= 11 is 0. The zero-order chi connectivity index (χ0) is 22.9. The molecule has 32 heavy (non-hydrogen) atoms. The Morgan fingerprint density at radius 1 is 1.12 bits per heavy atom. The molecule has 5 rings (SSSR count). The summed E-state index contributed by atoms with van der Waals surface area (Å²) in [6, 6.07) is 0. The van der Waals surface area contributed by atoms with E-state index in [2.05, 4.69) is 6.92 Å². The Balaban J connectivity index is 1.46. The standard InChI is InChI=1S/C25H34O7/c1-15(27)32-17-3-8-23(14-26)19-4-7-22(2)18(16-11-21(28)31-13-16)6-10-25(22,30)20(19)5-9-24(23,29)12-17/h11,14,17-20,29-30H,3-10,12-13H2,1-2H3/t17-,18-,19+,20-,22-,23-,24+,25-/m1/s1. The number of hydrogen-bond donors (Lipinski definition) is 2. The fourth-order valence-corrected chi connectivity index (χ4v) is 8.65. The van der Waals surface area contributed by atoms with E-state index in [1.165, 1.54) is 6.92 Å². The first-order chi connectivity index (χ1) is 15.1. The van der Waals surface area contributed by atoms with Gasteiger partial charge in [0, 0.05) is 24.8 Å². The summed E-state index contributed by atoms with van der Waals surface area (Å²) in [6.07, 6.45) is 7.44. The van der Waals surface area contributed by atoms with Crippen molar-refractivity contribution in [2.45, 2.75) is 88.9 Å². The van der Waals surface area contributed by atoms with Crippen molar-refractivity contribution >= 4 is 18.2 Å². The maximum absolute atomic E-state index is 12.7. The first-order valence-corrected chi connectivity index (χ1v) is 12.0. The third-order valence-electron chi connectivity index (χ3n) is 10.2. The van der Waals surface area contributed by atoms with Gasteiger partial charge in [-0.05, 0) is 74.7 Å². The summed E-state index contributed by atoms with van der Waals surface area (Å²) in [5.74, 6) is -0.772. The Bertz CT molecular complexity index is 882. The summed E-state index contributed by atoms with van der Waals surface area (Å²) in [4.78, 5) is 35.8. The number of aliphatic hydroxyl groups is 2. The number of esters is 2. The molecule has 8 atom stereocenters. The van der Waals surface area contributed by atoms with Gasteiger partial charge in [0.25, 0.3) is 0 Å². The number of rotatable bonds is 3. The van der Waals surface area contributed by atoms with Gasteiger partial charge in [-0.25, -0.2) is 4.79 Å². The average Bonchev–Trinajstić information content (AvgIpc) is 3.27. The van der Waals surface area contributed by atoms with Crippen LogP contribution in [-0.4, -0.2) is 52.4 Å². The first kappa shape index (κ1) is 22.1. The van der Waals surface area contributed by atoms with Gasteiger partial charge in [0.2, 0.25) is 0 Å². The molecule has 0 saturated heterocycles. The lowest BCUT2D eigenvalue weighted by Crippen LogP contribution is -2.69. The van der Waals surface area contributed by atoms with Crippen LogP contribution in [0.15, 0.2) is 11.6 Å². The molecule has 4 aliphatic carbocycles. The van der Waals surface area contributed by atoms with Gasteiger partial charge in [0.15, 0.2) is 0 Å². The third kappa shape index (κ3) is 2.76. The van der Waals surface area contributed by atoms with Gasteiger partial charge >= 0.3 is 11.9 Å². The van der Waals surface area contributed by atoms with Gasteiger partial charge in [0.1, 0.15) is 19.0 Å². The highest BCUT2D eigenvalue weighted by Gasteiger charge is 2.71. The number of carbonyl (C=O) groups is 3. The molecule has 0 aromatic heterocycles. The van der Waals surface area contributed by atoms with Gasteiger partial charge in [0.05, 0.1) is 16.6 Å². The Hall–Kier alpha value is -1.73. The molecule has 4 fully saturated rings. The molecular weight excluding hydrogens is 412 g/mol. The second-order valence-corrected chi connectivity index (χ2v) is 11.2. The molecule has 5 aliphatic rings. The highest BCUT2D eigenvalue weighted by molar-refractivity contribution is 5.85. The minimum absolute atomic E-state index is 0.0828. The zero-order valence-electron chi connectivity index (χ0n) is 19.0. The number of carbonyl (C=O) groups excluding carboxylic acids is 3. The van der Waals surface area contributed by atoms with Crippen molar-refractivity contribution < 1.29 is 34.1 Å². The highest BCUT2D eigenvalue weighted by atomic mass is 16.5. The molecule has 7 heteroatoms. The van der Waals surface area contributed by atoms with Gasteiger partial charge in [-0.1, -0.05) is 6.92 Å². The molecule has 0 aromatic carbocycles. The normalized spacial score (nSPS) is 49.9. The number of fused-ring (bicyclic) bond motifs is 5. The van der Waals surface area contributed by atoms with Crippen LogP contribution < -0.4 is 0 Å². The first-order valence-electron chi connectivity index (χ1n) is 12.0. The molecule has 176 valence electrons. The summed E-state index contributed by atoms with van der Waals surface area (Å²) in [7, 11) is 0. The predicted molar refractivity (Wildman–Crippen MR) is 113 cm³/mol. The quantitative estimate of drug-likeness (QED) is 0.506. The van der Waals surface area contributed by atoms with Gasteiger partial charge in [-0.15, -0.1) is 0 Å². The fraction of sp³-hybridized carbons (Fsp3) is 0.800. The molecule has 0 bridgehead atoms. The Labute approximate surface area is 188 Å². The summed E-state index contributed by atoms with van der Waals surface area (Å²) in [5.41, 5.74) is -2.50. The lowest BCUT2D eigenvalue weighted by Gasteiger charge is -2.65. The highest BCUT2D eigenvalue weighted by Crippen LogP contribution is 2.70. The fourth-order valence-electron chi connectivity index (χ4n) is 8.65. The van der Waals surface area contributed by atoms with Crippen LogP contribution in [0.2, 0.25) is 0 Å². The molecule has 0 spiro atoms. The summed E-state index contributed by atoms with van der Waals surface area (Å²) in [6.45, 7) is 3.81.